The number of hydrogen-bond donors (Lipinski definition) is 2. The Labute approximate surface area is 108 Å². The molecule has 1 unspecified atom stereocenters. The van der Waals surface area contributed by atoms with Gasteiger partial charge in [-0.3, -0.25) is 9.59 Å². The maximum atomic E-state index is 11.7. The fraction of sp³-hybridized carbons (Fsp3) is 0.714. The summed E-state index contributed by atoms with van der Waals surface area (Å²) in [4.78, 5) is 23.4. The van der Waals surface area contributed by atoms with Crippen molar-refractivity contribution in [3.8, 4) is 12.3 Å². The van der Waals surface area contributed by atoms with Crippen LogP contribution in [0, 0.1) is 17.8 Å². The molecule has 2 aliphatic rings. The standard InChI is InChI=1S/C14H20N2O2/c1-2-8-15-12(17)9-11-14(10-13(18)16-11)6-4-3-5-7-14/h1,11H,3-10H2,(H,15,17)(H,16,18). The van der Waals surface area contributed by atoms with E-state index in [0.717, 1.165) is 25.7 Å². The predicted octanol–water partition coefficient (Wildman–Crippen LogP) is 0.965. The molecule has 2 N–H and O–H groups in total. The Bertz CT molecular complexity index is 378. The van der Waals surface area contributed by atoms with Crippen molar-refractivity contribution in [1.29, 1.82) is 0 Å². The summed E-state index contributed by atoms with van der Waals surface area (Å²) in [5, 5.41) is 5.64. The van der Waals surface area contributed by atoms with Gasteiger partial charge in [-0.25, -0.2) is 0 Å². The summed E-state index contributed by atoms with van der Waals surface area (Å²) in [5.74, 6) is 2.41. The average molecular weight is 248 g/mol. The number of nitrogens with one attached hydrogen (secondary N) is 2. The van der Waals surface area contributed by atoms with Crippen LogP contribution in [0.25, 0.3) is 0 Å². The van der Waals surface area contributed by atoms with E-state index in [2.05, 4.69) is 16.6 Å². The molecule has 0 aromatic carbocycles. The molecule has 1 spiro atoms. The SMILES string of the molecule is C#CCNC(=O)CC1NC(=O)CC12CCCCC2. The Morgan fingerprint density at radius 3 is 2.83 bits per heavy atom. The summed E-state index contributed by atoms with van der Waals surface area (Å²) in [6.07, 6.45) is 11.7. The average Bonchev–Trinajstić information content (AvgIpc) is 2.63. The van der Waals surface area contributed by atoms with Gasteiger partial charge in [-0.2, -0.15) is 0 Å². The fourth-order valence-corrected chi connectivity index (χ4v) is 3.30. The van der Waals surface area contributed by atoms with Gasteiger partial charge in [-0.15, -0.1) is 6.42 Å². The lowest BCUT2D eigenvalue weighted by Crippen LogP contribution is -2.42. The molecular weight excluding hydrogens is 228 g/mol. The van der Waals surface area contributed by atoms with Crippen LogP contribution in [0.3, 0.4) is 0 Å². The molecule has 1 saturated carbocycles. The molecule has 1 heterocycles. The van der Waals surface area contributed by atoms with Crippen molar-refractivity contribution in [1.82, 2.24) is 10.6 Å². The van der Waals surface area contributed by atoms with Gasteiger partial charge in [0.2, 0.25) is 11.8 Å². The van der Waals surface area contributed by atoms with E-state index >= 15 is 0 Å². The quantitative estimate of drug-likeness (QED) is 0.731. The van der Waals surface area contributed by atoms with Crippen LogP contribution in [0.15, 0.2) is 0 Å². The molecule has 1 aliphatic heterocycles. The first-order chi connectivity index (χ1) is 8.66. The molecule has 0 aromatic rings. The molecule has 2 fully saturated rings. The van der Waals surface area contributed by atoms with Crippen molar-refractivity contribution in [3.05, 3.63) is 0 Å². The Morgan fingerprint density at radius 1 is 1.44 bits per heavy atom. The number of carbonyl (C=O) groups is 2. The van der Waals surface area contributed by atoms with Crippen molar-refractivity contribution in [3.63, 3.8) is 0 Å². The first-order valence-corrected chi connectivity index (χ1v) is 6.66. The highest BCUT2D eigenvalue weighted by Gasteiger charge is 2.47. The molecule has 4 heteroatoms. The van der Waals surface area contributed by atoms with Gasteiger partial charge >= 0.3 is 0 Å². The molecule has 4 nitrogen and oxygen atoms in total. The van der Waals surface area contributed by atoms with Crippen molar-refractivity contribution >= 4 is 11.8 Å². The van der Waals surface area contributed by atoms with E-state index in [1.807, 2.05) is 0 Å². The first-order valence-electron chi connectivity index (χ1n) is 6.66. The van der Waals surface area contributed by atoms with Crippen LogP contribution < -0.4 is 10.6 Å². The highest BCUT2D eigenvalue weighted by molar-refractivity contribution is 5.83. The molecule has 2 amide bonds. The second-order valence-electron chi connectivity index (χ2n) is 5.40. The van der Waals surface area contributed by atoms with Crippen LogP contribution in [0.2, 0.25) is 0 Å². The van der Waals surface area contributed by atoms with Crippen LogP contribution in [0.5, 0.6) is 0 Å². The first kappa shape index (κ1) is 12.9. The van der Waals surface area contributed by atoms with E-state index in [0.29, 0.717) is 12.8 Å². The summed E-state index contributed by atoms with van der Waals surface area (Å²) >= 11 is 0. The number of carbonyl (C=O) groups excluding carboxylic acids is 2. The van der Waals surface area contributed by atoms with Gasteiger partial charge in [-0.05, 0) is 18.3 Å². The van der Waals surface area contributed by atoms with E-state index < -0.39 is 0 Å². The van der Waals surface area contributed by atoms with E-state index in [1.165, 1.54) is 6.42 Å². The van der Waals surface area contributed by atoms with E-state index in [1.54, 1.807) is 0 Å². The van der Waals surface area contributed by atoms with Gasteiger partial charge in [0, 0.05) is 18.9 Å². The highest BCUT2D eigenvalue weighted by Crippen LogP contribution is 2.46. The topological polar surface area (TPSA) is 58.2 Å². The lowest BCUT2D eigenvalue weighted by atomic mass is 9.68. The third-order valence-electron chi connectivity index (χ3n) is 4.21. The van der Waals surface area contributed by atoms with Crippen LogP contribution in [0.1, 0.15) is 44.9 Å². The second-order valence-corrected chi connectivity index (χ2v) is 5.40. The summed E-state index contributed by atoms with van der Waals surface area (Å²) < 4.78 is 0. The number of amides is 2. The lowest BCUT2D eigenvalue weighted by Gasteiger charge is -2.37. The molecule has 2 rings (SSSR count). The number of hydrogen-bond acceptors (Lipinski definition) is 2. The van der Waals surface area contributed by atoms with Gasteiger partial charge in [-0.1, -0.05) is 25.2 Å². The summed E-state index contributed by atoms with van der Waals surface area (Å²) in [6.45, 7) is 0.256. The van der Waals surface area contributed by atoms with Crippen LogP contribution in [-0.4, -0.2) is 24.4 Å². The minimum Gasteiger partial charge on any atom is -0.352 e. The predicted molar refractivity (Wildman–Crippen MR) is 68.5 cm³/mol. The van der Waals surface area contributed by atoms with Gasteiger partial charge in [0.25, 0.3) is 0 Å². The van der Waals surface area contributed by atoms with Crippen LogP contribution >= 0.6 is 0 Å². The summed E-state index contributed by atoms with van der Waals surface area (Å²) in [5.41, 5.74) is 0.0167. The van der Waals surface area contributed by atoms with Crippen LogP contribution in [0.4, 0.5) is 0 Å². The van der Waals surface area contributed by atoms with Crippen molar-refractivity contribution in [2.45, 2.75) is 51.0 Å². The Kier molecular flexibility index (Phi) is 3.90. The molecule has 98 valence electrons. The number of terminal acetylenes is 1. The third-order valence-corrected chi connectivity index (χ3v) is 4.21. The van der Waals surface area contributed by atoms with E-state index in [4.69, 9.17) is 6.42 Å². The lowest BCUT2D eigenvalue weighted by molar-refractivity contribution is -0.122. The summed E-state index contributed by atoms with van der Waals surface area (Å²) in [6, 6.07) is -0.0110. The number of rotatable bonds is 3. The van der Waals surface area contributed by atoms with Gasteiger partial charge in [0.1, 0.15) is 0 Å². The molecule has 0 bridgehead atoms. The summed E-state index contributed by atoms with van der Waals surface area (Å²) in [7, 11) is 0. The minimum atomic E-state index is -0.0647. The Hall–Kier alpha value is -1.50. The van der Waals surface area contributed by atoms with E-state index in [9.17, 15) is 9.59 Å². The molecule has 1 atom stereocenters. The van der Waals surface area contributed by atoms with Crippen molar-refractivity contribution in [2.24, 2.45) is 5.41 Å². The molecule has 18 heavy (non-hydrogen) atoms. The van der Waals surface area contributed by atoms with Gasteiger partial charge in [0.05, 0.1) is 6.54 Å². The van der Waals surface area contributed by atoms with Crippen molar-refractivity contribution in [2.75, 3.05) is 6.54 Å². The monoisotopic (exact) mass is 248 g/mol. The third kappa shape index (κ3) is 2.66. The van der Waals surface area contributed by atoms with Crippen molar-refractivity contribution < 1.29 is 9.59 Å². The fourth-order valence-electron chi connectivity index (χ4n) is 3.30. The highest BCUT2D eigenvalue weighted by atomic mass is 16.2. The van der Waals surface area contributed by atoms with Gasteiger partial charge < -0.3 is 10.6 Å². The zero-order valence-corrected chi connectivity index (χ0v) is 10.6. The Balaban J connectivity index is 1.99. The maximum Gasteiger partial charge on any atom is 0.222 e. The normalized spacial score (nSPS) is 25.5. The Morgan fingerprint density at radius 2 is 2.17 bits per heavy atom. The molecular formula is C14H20N2O2. The molecule has 1 aliphatic carbocycles. The maximum absolute atomic E-state index is 11.7. The smallest absolute Gasteiger partial charge is 0.222 e. The van der Waals surface area contributed by atoms with Gasteiger partial charge in [0.15, 0.2) is 0 Å². The minimum absolute atomic E-state index is 0.0110. The molecule has 1 saturated heterocycles. The zero-order chi connectivity index (χ0) is 13.0. The molecule has 0 radical (unpaired) electrons. The largest absolute Gasteiger partial charge is 0.352 e. The second kappa shape index (κ2) is 5.43. The van der Waals surface area contributed by atoms with E-state index in [-0.39, 0.29) is 29.8 Å². The zero-order valence-electron chi connectivity index (χ0n) is 10.6. The molecule has 0 aromatic heterocycles. The van der Waals surface area contributed by atoms with Crippen LogP contribution in [-0.2, 0) is 9.59 Å².